The summed E-state index contributed by atoms with van der Waals surface area (Å²) < 4.78 is 18.2. The number of halogens is 1. The number of rotatable bonds is 4. The minimum Gasteiger partial charge on any atom is -0.494 e. The van der Waals surface area contributed by atoms with Gasteiger partial charge >= 0.3 is 0 Å². The molecule has 5 heteroatoms. The second kappa shape index (κ2) is 6.70. The van der Waals surface area contributed by atoms with Crippen LogP contribution in [0.3, 0.4) is 0 Å². The highest BCUT2D eigenvalue weighted by Gasteiger charge is 2.18. The third-order valence-electron chi connectivity index (χ3n) is 3.73. The Morgan fingerprint density at radius 3 is 2.95 bits per heavy atom. The summed E-state index contributed by atoms with van der Waals surface area (Å²) in [4.78, 5) is 12.0. The Labute approximate surface area is 118 Å². The molecule has 2 atom stereocenters. The summed E-state index contributed by atoms with van der Waals surface area (Å²) in [5.41, 5.74) is 0.417. The first-order valence-corrected chi connectivity index (χ1v) is 6.95. The first-order valence-electron chi connectivity index (χ1n) is 6.95. The van der Waals surface area contributed by atoms with Crippen molar-refractivity contribution in [1.82, 2.24) is 10.6 Å². The highest BCUT2D eigenvalue weighted by molar-refractivity contribution is 5.94. The maximum Gasteiger partial charge on any atom is 0.251 e. The van der Waals surface area contributed by atoms with Crippen LogP contribution < -0.4 is 15.4 Å². The fourth-order valence-electron chi connectivity index (χ4n) is 2.37. The summed E-state index contributed by atoms with van der Waals surface area (Å²) in [6.07, 6.45) is 2.24. The van der Waals surface area contributed by atoms with Crippen LogP contribution >= 0.6 is 0 Å². The predicted molar refractivity (Wildman–Crippen MR) is 75.5 cm³/mol. The zero-order chi connectivity index (χ0) is 14.5. The lowest BCUT2D eigenvalue weighted by atomic mass is 9.95. The van der Waals surface area contributed by atoms with Crippen LogP contribution in [0.2, 0.25) is 0 Å². The highest BCUT2D eigenvalue weighted by Crippen LogP contribution is 2.18. The maximum absolute atomic E-state index is 13.3. The lowest BCUT2D eigenvalue weighted by Crippen LogP contribution is -2.41. The largest absolute Gasteiger partial charge is 0.494 e. The zero-order valence-electron chi connectivity index (χ0n) is 11.9. The lowest BCUT2D eigenvalue weighted by molar-refractivity contribution is 0.0943. The molecular weight excluding hydrogens is 259 g/mol. The molecule has 2 unspecified atom stereocenters. The monoisotopic (exact) mass is 280 g/mol. The van der Waals surface area contributed by atoms with Crippen LogP contribution in [-0.2, 0) is 0 Å². The van der Waals surface area contributed by atoms with Gasteiger partial charge in [-0.05, 0) is 50.4 Å². The van der Waals surface area contributed by atoms with E-state index in [2.05, 4.69) is 17.6 Å². The predicted octanol–water partition coefficient (Wildman–Crippen LogP) is 1.95. The number of nitrogens with one attached hydrogen (secondary N) is 2. The normalized spacial score (nSPS) is 22.4. The van der Waals surface area contributed by atoms with Crippen molar-refractivity contribution < 1.29 is 13.9 Å². The van der Waals surface area contributed by atoms with E-state index in [4.69, 9.17) is 4.74 Å². The van der Waals surface area contributed by atoms with Crippen LogP contribution in [0.1, 0.15) is 30.1 Å². The van der Waals surface area contributed by atoms with Crippen LogP contribution in [-0.4, -0.2) is 32.1 Å². The summed E-state index contributed by atoms with van der Waals surface area (Å²) in [6, 6.07) is 4.70. The fourth-order valence-corrected chi connectivity index (χ4v) is 2.37. The molecule has 1 heterocycles. The van der Waals surface area contributed by atoms with E-state index in [-0.39, 0.29) is 11.7 Å². The molecule has 2 N–H and O–H groups in total. The smallest absolute Gasteiger partial charge is 0.251 e. The van der Waals surface area contributed by atoms with E-state index < -0.39 is 5.82 Å². The molecule has 0 aliphatic carbocycles. The van der Waals surface area contributed by atoms with E-state index in [0.29, 0.717) is 24.1 Å². The number of carbonyl (C=O) groups excluding carboxylic acids is 1. The minimum absolute atomic E-state index is 0.0887. The molecular formula is C15H21FN2O2. The van der Waals surface area contributed by atoms with Crippen molar-refractivity contribution in [1.29, 1.82) is 0 Å². The molecule has 20 heavy (non-hydrogen) atoms. The van der Waals surface area contributed by atoms with Crippen molar-refractivity contribution >= 4 is 5.91 Å². The number of piperidine rings is 1. The van der Waals surface area contributed by atoms with Gasteiger partial charge < -0.3 is 15.4 Å². The van der Waals surface area contributed by atoms with Gasteiger partial charge in [-0.15, -0.1) is 0 Å². The lowest BCUT2D eigenvalue weighted by Gasteiger charge is -2.27. The molecule has 110 valence electrons. The number of hydrogen-bond donors (Lipinski definition) is 2. The standard InChI is InChI=1S/C15H21FN2O2/c1-10-3-4-11(8-17-10)9-18-15(19)12-5-6-13(16)14(7-12)20-2/h5-7,10-11,17H,3-4,8-9H2,1-2H3,(H,18,19). The quantitative estimate of drug-likeness (QED) is 0.886. The first-order chi connectivity index (χ1) is 9.60. The second-order valence-electron chi connectivity index (χ2n) is 5.31. The van der Waals surface area contributed by atoms with Crippen molar-refractivity contribution in [2.75, 3.05) is 20.2 Å². The summed E-state index contributed by atoms with van der Waals surface area (Å²) in [5.74, 6) is -0.111. The SMILES string of the molecule is COc1cc(C(=O)NCC2CCC(C)NC2)ccc1F. The third-order valence-corrected chi connectivity index (χ3v) is 3.73. The van der Waals surface area contributed by atoms with Crippen molar-refractivity contribution in [3.05, 3.63) is 29.6 Å². The van der Waals surface area contributed by atoms with Gasteiger partial charge in [0, 0.05) is 18.2 Å². The van der Waals surface area contributed by atoms with Crippen molar-refractivity contribution in [2.45, 2.75) is 25.8 Å². The van der Waals surface area contributed by atoms with Gasteiger partial charge in [0.05, 0.1) is 7.11 Å². The van der Waals surface area contributed by atoms with E-state index in [1.54, 1.807) is 0 Å². The van der Waals surface area contributed by atoms with Gasteiger partial charge in [0.25, 0.3) is 5.91 Å². The second-order valence-corrected chi connectivity index (χ2v) is 5.31. The number of benzene rings is 1. The van der Waals surface area contributed by atoms with E-state index in [9.17, 15) is 9.18 Å². The van der Waals surface area contributed by atoms with Gasteiger partial charge in [0.1, 0.15) is 0 Å². The van der Waals surface area contributed by atoms with E-state index in [1.165, 1.54) is 25.3 Å². The molecule has 0 bridgehead atoms. The third kappa shape index (κ3) is 3.70. The number of amides is 1. The Morgan fingerprint density at radius 1 is 1.50 bits per heavy atom. The van der Waals surface area contributed by atoms with E-state index in [1.807, 2.05) is 0 Å². The van der Waals surface area contributed by atoms with Crippen LogP contribution in [0.5, 0.6) is 5.75 Å². The van der Waals surface area contributed by atoms with Crippen LogP contribution in [0.25, 0.3) is 0 Å². The number of hydrogen-bond acceptors (Lipinski definition) is 3. The average molecular weight is 280 g/mol. The molecule has 4 nitrogen and oxygen atoms in total. The molecule has 1 aromatic carbocycles. The molecule has 0 spiro atoms. The average Bonchev–Trinajstić information content (AvgIpc) is 2.47. The molecule has 0 saturated carbocycles. The Bertz CT molecular complexity index is 471. The topological polar surface area (TPSA) is 50.4 Å². The summed E-state index contributed by atoms with van der Waals surface area (Å²) >= 11 is 0. The number of methoxy groups -OCH3 is 1. The van der Waals surface area contributed by atoms with Crippen LogP contribution in [0.4, 0.5) is 4.39 Å². The van der Waals surface area contributed by atoms with Crippen molar-refractivity contribution in [3.63, 3.8) is 0 Å². The minimum atomic E-state index is -0.463. The van der Waals surface area contributed by atoms with Crippen LogP contribution in [0, 0.1) is 11.7 Å². The Morgan fingerprint density at radius 2 is 2.30 bits per heavy atom. The molecule has 1 aliphatic rings. The highest BCUT2D eigenvalue weighted by atomic mass is 19.1. The molecule has 1 aromatic rings. The Hall–Kier alpha value is -1.62. The molecule has 0 aromatic heterocycles. The van der Waals surface area contributed by atoms with Crippen molar-refractivity contribution in [2.24, 2.45) is 5.92 Å². The Balaban J connectivity index is 1.88. The zero-order valence-corrected chi connectivity index (χ0v) is 11.9. The molecule has 1 aliphatic heterocycles. The maximum atomic E-state index is 13.3. The molecule has 1 amide bonds. The molecule has 2 rings (SSSR count). The summed E-state index contributed by atoms with van der Waals surface area (Å²) in [6.45, 7) is 3.73. The van der Waals surface area contributed by atoms with Gasteiger partial charge in [-0.25, -0.2) is 4.39 Å². The van der Waals surface area contributed by atoms with Gasteiger partial charge in [-0.1, -0.05) is 0 Å². The van der Waals surface area contributed by atoms with Gasteiger partial charge in [-0.3, -0.25) is 4.79 Å². The van der Waals surface area contributed by atoms with E-state index in [0.717, 1.165) is 19.4 Å². The molecule has 1 fully saturated rings. The molecule has 0 radical (unpaired) electrons. The van der Waals surface area contributed by atoms with Gasteiger partial charge in [0.2, 0.25) is 0 Å². The first kappa shape index (κ1) is 14.8. The number of ether oxygens (including phenoxy) is 1. The van der Waals surface area contributed by atoms with Crippen molar-refractivity contribution in [3.8, 4) is 5.75 Å². The van der Waals surface area contributed by atoms with Crippen LogP contribution in [0.15, 0.2) is 18.2 Å². The fraction of sp³-hybridized carbons (Fsp3) is 0.533. The number of carbonyl (C=O) groups is 1. The van der Waals surface area contributed by atoms with Gasteiger partial charge in [-0.2, -0.15) is 0 Å². The molecule has 1 saturated heterocycles. The summed E-state index contributed by atoms with van der Waals surface area (Å²) in [7, 11) is 1.38. The Kier molecular flexibility index (Phi) is 4.95. The van der Waals surface area contributed by atoms with Gasteiger partial charge in [0.15, 0.2) is 11.6 Å². The summed E-state index contributed by atoms with van der Waals surface area (Å²) in [5, 5.41) is 6.30. The van der Waals surface area contributed by atoms with E-state index >= 15 is 0 Å².